The number of nitriles is 1. The molecule has 380 valence electrons. The summed E-state index contributed by atoms with van der Waals surface area (Å²) in [5, 5.41) is 27.7. The van der Waals surface area contributed by atoms with Crippen molar-refractivity contribution in [3.8, 4) is 11.2 Å². The number of azo groups is 1. The van der Waals surface area contributed by atoms with E-state index in [0.29, 0.717) is 21.3 Å². The van der Waals surface area contributed by atoms with Gasteiger partial charge >= 0.3 is 132 Å². The first-order valence-electron chi connectivity index (χ1n) is 21.2. The summed E-state index contributed by atoms with van der Waals surface area (Å²) in [5.74, 6) is -0.333. The Morgan fingerprint density at radius 2 is 1.25 bits per heavy atom. The maximum absolute atomic E-state index is 13.0. The number of nitrogens with one attached hydrogen (secondary N) is 1. The number of rotatable bonds is 12. The summed E-state index contributed by atoms with van der Waals surface area (Å²) >= 11 is 1.86. The second kappa shape index (κ2) is 23.6. The average Bonchev–Trinajstić information content (AvgIpc) is 3.98. The normalized spacial score (nSPS) is 12.3. The van der Waals surface area contributed by atoms with Crippen LogP contribution >= 0.6 is 22.7 Å². The number of anilines is 5. The first-order chi connectivity index (χ1) is 33.8. The fourth-order valence-corrected chi connectivity index (χ4v) is 13.5. The van der Waals surface area contributed by atoms with Crippen molar-refractivity contribution in [2.45, 2.75) is 87.3 Å². The topological polar surface area (TPSA) is 346 Å². The molecule has 0 spiro atoms. The van der Waals surface area contributed by atoms with Crippen molar-refractivity contribution < 1.29 is 184 Å². The molecule has 0 atom stereocenters. The summed E-state index contributed by atoms with van der Waals surface area (Å²) in [7, 11) is -19.7. The number of fused-ring (bicyclic) bond motifs is 2. The minimum absolute atomic E-state index is 0. The van der Waals surface area contributed by atoms with Crippen LogP contribution in [0.3, 0.4) is 0 Å². The van der Waals surface area contributed by atoms with Crippen LogP contribution in [-0.2, 0) is 45.9 Å². The van der Waals surface area contributed by atoms with Crippen LogP contribution in [0.5, 0.6) is 0 Å². The summed E-state index contributed by atoms with van der Waals surface area (Å²) in [5.41, 5.74) is 1.53. The average molecular weight is 1210 g/mol. The zero-order valence-electron chi connectivity index (χ0n) is 42.7. The van der Waals surface area contributed by atoms with Crippen molar-refractivity contribution in [1.29, 1.82) is 5.26 Å². The molecule has 0 radical (unpaired) electrons. The van der Waals surface area contributed by atoms with E-state index in [2.05, 4.69) is 26.6 Å². The van der Waals surface area contributed by atoms with E-state index in [-0.39, 0.29) is 221 Å². The second-order valence-corrected chi connectivity index (χ2v) is 25.2. The maximum atomic E-state index is 13.0. The first-order valence-corrected chi connectivity index (χ1v) is 28.5. The molecule has 76 heavy (non-hydrogen) atoms. The van der Waals surface area contributed by atoms with Gasteiger partial charge in [-0.2, -0.15) is 23.5 Å². The van der Waals surface area contributed by atoms with Gasteiger partial charge in [-0.3, -0.25) is 9.45 Å². The maximum Gasteiger partial charge on any atom is 1.00 e. The monoisotopic (exact) mass is 1200 g/mol. The molecule has 0 aliphatic carbocycles. The van der Waals surface area contributed by atoms with Gasteiger partial charge in [0.1, 0.15) is 58.4 Å². The largest absolute Gasteiger partial charge is 1.00 e. The van der Waals surface area contributed by atoms with Gasteiger partial charge < -0.3 is 19.0 Å². The standard InChI is InChI=1S/C45H42N10O12S6.2K.Na/c1-21-16-23(3)38(72(62,63)64)25(5)36(21)50-41-32(51-52-42-29(20-46)40(45(7,8)9)53-55(42)44-48-31-13-11-28(71(59,60)61)19-34(31)69-44)14-15-35(49-41)54(37-22(2)17-24(4)39(26(37)6)73(65,66)67)43-47-30-12-10-27(70(56,57)58)18-33(30)68-43;;;/h10-19H,1-9H3,(H,49,50)(H,56,57,58)(H,59,60,61)(H,62,63,64)(H,65,66,67);;;/q;3*+1/p-3. The van der Waals surface area contributed by atoms with E-state index in [0.717, 1.165) is 46.9 Å². The third-order valence-electron chi connectivity index (χ3n) is 11.4. The summed E-state index contributed by atoms with van der Waals surface area (Å²) in [6.07, 6.45) is 0. The molecule has 2 N–H and O–H groups in total. The molecule has 0 unspecified atom stereocenters. The Bertz CT molecular complexity index is 4230. The van der Waals surface area contributed by atoms with Crippen molar-refractivity contribution in [1.82, 2.24) is 24.7 Å². The fraction of sp³-hybridized carbons (Fsp3) is 0.222. The van der Waals surface area contributed by atoms with Crippen LogP contribution in [0.25, 0.3) is 25.6 Å². The van der Waals surface area contributed by atoms with Crippen LogP contribution < -0.4 is 143 Å². The minimum atomic E-state index is -5.05. The van der Waals surface area contributed by atoms with Gasteiger partial charge in [-0.15, -0.1) is 10.2 Å². The first kappa shape index (κ1) is 64.4. The number of aromatic nitrogens is 5. The molecule has 0 aliphatic heterocycles. The zero-order chi connectivity index (χ0) is 53.7. The Labute approximate surface area is 553 Å². The molecule has 22 nitrogen and oxygen atoms in total. The Morgan fingerprint density at radius 1 is 0.697 bits per heavy atom. The number of nitrogens with zero attached hydrogens (tertiary/aromatic N) is 9. The number of hydrogen-bond acceptors (Lipinski definition) is 22. The van der Waals surface area contributed by atoms with Crippen LogP contribution in [0.1, 0.15) is 65.4 Å². The predicted molar refractivity (Wildman–Crippen MR) is 268 cm³/mol. The molecule has 8 aromatic rings. The minimum Gasteiger partial charge on any atom is -0.744 e. The van der Waals surface area contributed by atoms with Crippen molar-refractivity contribution >= 4 is 123 Å². The van der Waals surface area contributed by atoms with E-state index < -0.39 is 65.5 Å². The molecule has 31 heteroatoms. The van der Waals surface area contributed by atoms with Gasteiger partial charge in [0.2, 0.25) is 5.13 Å². The molecule has 4 aromatic heterocycles. The molecule has 8 rings (SSSR count). The van der Waals surface area contributed by atoms with Crippen molar-refractivity contribution in [3.63, 3.8) is 0 Å². The van der Waals surface area contributed by atoms with Crippen molar-refractivity contribution in [2.75, 3.05) is 10.2 Å². The number of thiazole rings is 2. The molecule has 0 amide bonds. The summed E-state index contributed by atoms with van der Waals surface area (Å²) < 4.78 is 148. The van der Waals surface area contributed by atoms with Gasteiger partial charge in [-0.05, 0) is 123 Å². The molecular formula is C45H39K2N10NaO12S6. The second-order valence-electron chi connectivity index (χ2n) is 17.8. The SMILES string of the molecule is Cc1cc(C)c(S(=O)(=O)[O-])c(C)c1Nc1nc(N(c2nc3ccc(S(=O)(=O)[O-])cc3s2)c2c(C)cc(C)c(S(=O)(=O)O)c2C)ccc1N=Nc1c(C#N)c(C(C)(C)C)nn1-c1nc2ccc(S(=O)(=O)[O-])cc2s1.[K+].[K+].[Na+]. The molecule has 0 saturated heterocycles. The quantitative estimate of drug-likeness (QED) is 0.0931. The van der Waals surface area contributed by atoms with E-state index in [4.69, 9.17) is 15.1 Å². The summed E-state index contributed by atoms with van der Waals surface area (Å²) in [6.45, 7) is 14.5. The Balaban J connectivity index is 0.00000356. The number of hydrogen-bond donors (Lipinski definition) is 2. The van der Waals surface area contributed by atoms with Gasteiger partial charge in [-0.1, -0.05) is 55.6 Å². The van der Waals surface area contributed by atoms with E-state index in [9.17, 15) is 57.1 Å². The van der Waals surface area contributed by atoms with E-state index in [1.54, 1.807) is 34.6 Å². The van der Waals surface area contributed by atoms with Gasteiger partial charge in [0.05, 0.1) is 46.5 Å². The predicted octanol–water partition coefficient (Wildman–Crippen LogP) is 0.106. The van der Waals surface area contributed by atoms with Crippen molar-refractivity contribution in [2.24, 2.45) is 10.2 Å². The van der Waals surface area contributed by atoms with E-state index in [1.807, 2.05) is 0 Å². The van der Waals surface area contributed by atoms with Crippen LogP contribution in [-0.4, -0.2) is 76.6 Å². The molecule has 0 aliphatic rings. The fourth-order valence-electron chi connectivity index (χ4n) is 8.46. The Kier molecular flexibility index (Phi) is 20.0. The smallest absolute Gasteiger partial charge is 0.744 e. The number of pyridine rings is 1. The molecule has 0 fully saturated rings. The van der Waals surface area contributed by atoms with E-state index >= 15 is 0 Å². The summed E-state index contributed by atoms with van der Waals surface area (Å²) in [4.78, 5) is 13.7. The third-order valence-corrected chi connectivity index (χ3v) is 17.3. The Morgan fingerprint density at radius 3 is 1.79 bits per heavy atom. The molecule has 0 saturated carbocycles. The molecule has 0 bridgehead atoms. The van der Waals surface area contributed by atoms with Gasteiger partial charge in [0, 0.05) is 11.1 Å². The van der Waals surface area contributed by atoms with Crippen LogP contribution in [0.15, 0.2) is 90.5 Å². The zero-order valence-corrected chi connectivity index (χ0v) is 55.8. The van der Waals surface area contributed by atoms with Gasteiger partial charge in [0.15, 0.2) is 16.8 Å². The van der Waals surface area contributed by atoms with Crippen LogP contribution in [0, 0.1) is 52.9 Å². The van der Waals surface area contributed by atoms with Crippen molar-refractivity contribution in [3.05, 3.63) is 105 Å². The van der Waals surface area contributed by atoms with Gasteiger partial charge in [-0.25, -0.2) is 40.2 Å². The van der Waals surface area contributed by atoms with E-state index in [1.165, 1.54) is 73.7 Å². The molecule has 4 heterocycles. The van der Waals surface area contributed by atoms with Gasteiger partial charge in [0.25, 0.3) is 10.1 Å². The molecule has 4 aromatic carbocycles. The number of benzene rings is 4. The van der Waals surface area contributed by atoms with Crippen LogP contribution in [0.4, 0.5) is 39.6 Å². The molecular weight excluding hydrogens is 1170 g/mol. The third kappa shape index (κ3) is 13.0. The Hall–Kier alpha value is -2.38. The summed E-state index contributed by atoms with van der Waals surface area (Å²) in [6, 6.07) is 15.2. The van der Waals surface area contributed by atoms with Crippen LogP contribution in [0.2, 0.25) is 0 Å². The number of aryl methyl sites for hydroxylation is 4.